The highest BCUT2D eigenvalue weighted by Crippen LogP contribution is 2.46. The third kappa shape index (κ3) is 6.26. The van der Waals surface area contributed by atoms with E-state index in [9.17, 15) is 0 Å². The molecule has 0 aromatic carbocycles. The molecule has 13 nitrogen and oxygen atoms in total. The first-order chi connectivity index (χ1) is 19.5. The SMILES string of the molecule is C=CCO[Si](C)(O[C@@H]1[C@H]2OC(C)(C)O[C@H]2O[C@@H]1[C@H]1COC(C)(C)O1)O[C@@H]1[C@H]2OC(C)(C)O[C@H]2O[C@@H]1[C@H]1COC(C)(C)O1. The van der Waals surface area contributed by atoms with Gasteiger partial charge in [0.2, 0.25) is 0 Å². The molecule has 0 aromatic heterocycles. The van der Waals surface area contributed by atoms with E-state index >= 15 is 0 Å². The maximum atomic E-state index is 6.87. The van der Waals surface area contributed by atoms with Crippen LogP contribution in [0.3, 0.4) is 0 Å². The Balaban J connectivity index is 1.28. The summed E-state index contributed by atoms with van der Waals surface area (Å²) >= 11 is 0. The molecule has 240 valence electrons. The van der Waals surface area contributed by atoms with Gasteiger partial charge in [0, 0.05) is 6.55 Å². The summed E-state index contributed by atoms with van der Waals surface area (Å²) in [5, 5.41) is 0. The van der Waals surface area contributed by atoms with Gasteiger partial charge >= 0.3 is 8.80 Å². The lowest BCUT2D eigenvalue weighted by molar-refractivity contribution is -0.237. The van der Waals surface area contributed by atoms with Crippen LogP contribution < -0.4 is 0 Å². The highest BCUT2D eigenvalue weighted by molar-refractivity contribution is 6.59. The third-order valence-corrected chi connectivity index (χ3v) is 10.1. The average Bonchev–Trinajstić information content (AvgIpc) is 3.67. The molecule has 42 heavy (non-hydrogen) atoms. The quantitative estimate of drug-likeness (QED) is 0.278. The van der Waals surface area contributed by atoms with Crippen LogP contribution in [0.25, 0.3) is 0 Å². The van der Waals surface area contributed by atoms with Crippen molar-refractivity contribution >= 4 is 8.80 Å². The molecule has 0 spiro atoms. The fourth-order valence-corrected chi connectivity index (χ4v) is 8.57. The maximum Gasteiger partial charge on any atom is 0.498 e. The van der Waals surface area contributed by atoms with Crippen molar-refractivity contribution in [2.24, 2.45) is 0 Å². The fraction of sp³-hybridized carbons (Fsp3) is 0.929. The minimum absolute atomic E-state index is 0.194. The second kappa shape index (κ2) is 10.8. The average molecular weight is 619 g/mol. The van der Waals surface area contributed by atoms with E-state index in [1.807, 2.05) is 61.9 Å². The summed E-state index contributed by atoms with van der Waals surface area (Å²) in [5.74, 6) is -3.25. The molecule has 0 radical (unpaired) electrons. The van der Waals surface area contributed by atoms with Gasteiger partial charge in [-0.15, -0.1) is 6.58 Å². The first-order valence-corrected chi connectivity index (χ1v) is 17.0. The highest BCUT2D eigenvalue weighted by Gasteiger charge is 2.64. The molecule has 6 aliphatic heterocycles. The van der Waals surface area contributed by atoms with Gasteiger partial charge in [-0.05, 0) is 55.4 Å². The van der Waals surface area contributed by atoms with Gasteiger partial charge in [0.25, 0.3) is 0 Å². The van der Waals surface area contributed by atoms with Crippen LogP contribution in [0.1, 0.15) is 55.4 Å². The molecule has 0 bridgehead atoms. The van der Waals surface area contributed by atoms with E-state index in [1.165, 1.54) is 0 Å². The molecule has 0 N–H and O–H groups in total. The summed E-state index contributed by atoms with van der Waals surface area (Å²) in [6.45, 7) is 21.3. The normalized spacial score (nSPS) is 44.9. The Morgan fingerprint density at radius 2 is 1.07 bits per heavy atom. The Kier molecular flexibility index (Phi) is 8.05. The minimum Gasteiger partial charge on any atom is -0.370 e. The van der Waals surface area contributed by atoms with Gasteiger partial charge in [-0.3, -0.25) is 0 Å². The first kappa shape index (κ1) is 31.4. The monoisotopic (exact) mass is 618 g/mol. The van der Waals surface area contributed by atoms with E-state index in [2.05, 4.69) is 6.58 Å². The molecular formula is C28H46O13Si. The van der Waals surface area contributed by atoms with Gasteiger partial charge in [0.15, 0.2) is 35.7 Å². The molecule has 0 unspecified atom stereocenters. The number of hydrogen-bond acceptors (Lipinski definition) is 13. The van der Waals surface area contributed by atoms with E-state index in [0.717, 1.165) is 0 Å². The lowest BCUT2D eigenvalue weighted by Crippen LogP contribution is -2.57. The molecule has 0 aliphatic carbocycles. The summed E-state index contributed by atoms with van der Waals surface area (Å²) < 4.78 is 81.6. The maximum absolute atomic E-state index is 6.87. The van der Waals surface area contributed by atoms with Crippen LogP contribution in [0.4, 0.5) is 0 Å². The summed E-state index contributed by atoms with van der Waals surface area (Å²) in [7, 11) is -3.56. The Bertz CT molecular complexity index is 950. The Morgan fingerprint density at radius 1 is 0.643 bits per heavy atom. The lowest BCUT2D eigenvalue weighted by atomic mass is 10.1. The summed E-state index contributed by atoms with van der Waals surface area (Å²) in [4.78, 5) is 0. The van der Waals surface area contributed by atoms with Crippen LogP contribution in [0.15, 0.2) is 12.7 Å². The Hall–Kier alpha value is -0.563. The van der Waals surface area contributed by atoms with E-state index in [-0.39, 0.29) is 6.61 Å². The standard InChI is InChI=1S/C28H46O13Si/c1-11-12-31-42(10,40-19-17(15-13-29-25(2,3)34-15)32-23-21(19)36-27(6,7)38-23)41-20-18(16-14-30-26(4,5)35-16)33-24-22(20)37-28(8,9)39-24/h11,15-24H,1,12-14H2,2-10H3/t15-,16-,17-,18-,19+,20+,21-,22-,23-,24-/m1/s1. The number of fused-ring (bicyclic) bond motifs is 2. The van der Waals surface area contributed by atoms with Crippen molar-refractivity contribution < 1.29 is 60.6 Å². The minimum atomic E-state index is -3.56. The topological polar surface area (TPSA) is 120 Å². The van der Waals surface area contributed by atoms with Crippen LogP contribution in [-0.4, -0.2) is 113 Å². The largest absolute Gasteiger partial charge is 0.498 e. The highest BCUT2D eigenvalue weighted by atomic mass is 28.4. The summed E-state index contributed by atoms with van der Waals surface area (Å²) in [6.07, 6.45) is -4.07. The zero-order valence-corrected chi connectivity index (χ0v) is 27.0. The van der Waals surface area contributed by atoms with E-state index in [0.29, 0.717) is 13.2 Å². The Morgan fingerprint density at radius 3 is 1.43 bits per heavy atom. The van der Waals surface area contributed by atoms with Gasteiger partial charge in [-0.2, -0.15) is 0 Å². The van der Waals surface area contributed by atoms with Crippen LogP contribution in [0, 0.1) is 0 Å². The van der Waals surface area contributed by atoms with Crippen LogP contribution in [-0.2, 0) is 60.6 Å². The third-order valence-electron chi connectivity index (χ3n) is 8.01. The van der Waals surface area contributed by atoms with Crippen LogP contribution in [0.5, 0.6) is 0 Å². The van der Waals surface area contributed by atoms with Crippen molar-refractivity contribution in [2.45, 2.75) is 146 Å². The van der Waals surface area contributed by atoms with E-state index in [4.69, 9.17) is 60.6 Å². The van der Waals surface area contributed by atoms with Gasteiger partial charge in [0.1, 0.15) is 48.8 Å². The molecule has 10 atom stereocenters. The predicted molar refractivity (Wildman–Crippen MR) is 145 cm³/mol. The lowest BCUT2D eigenvalue weighted by Gasteiger charge is -2.38. The second-order valence-electron chi connectivity index (χ2n) is 13.5. The van der Waals surface area contributed by atoms with Crippen LogP contribution >= 0.6 is 0 Å². The number of rotatable bonds is 9. The van der Waals surface area contributed by atoms with Crippen molar-refractivity contribution in [3.05, 3.63) is 12.7 Å². The van der Waals surface area contributed by atoms with Crippen molar-refractivity contribution in [1.29, 1.82) is 0 Å². The molecule has 6 rings (SSSR count). The first-order valence-electron chi connectivity index (χ1n) is 14.7. The fourth-order valence-electron chi connectivity index (χ4n) is 6.43. The molecule has 6 aliphatic rings. The Labute approximate surface area is 248 Å². The molecule has 6 heterocycles. The zero-order chi connectivity index (χ0) is 30.3. The van der Waals surface area contributed by atoms with Crippen molar-refractivity contribution in [1.82, 2.24) is 0 Å². The number of hydrogen-bond donors (Lipinski definition) is 0. The molecule has 0 amide bonds. The molecule has 0 saturated carbocycles. The van der Waals surface area contributed by atoms with Gasteiger partial charge < -0.3 is 60.6 Å². The molecule has 6 saturated heterocycles. The molecule has 0 aromatic rings. The van der Waals surface area contributed by atoms with Gasteiger partial charge in [-0.1, -0.05) is 6.08 Å². The summed E-state index contributed by atoms with van der Waals surface area (Å²) in [6, 6.07) is 0. The molecular weight excluding hydrogens is 572 g/mol. The van der Waals surface area contributed by atoms with Gasteiger partial charge in [-0.25, -0.2) is 0 Å². The predicted octanol–water partition coefficient (Wildman–Crippen LogP) is 2.58. The second-order valence-corrected chi connectivity index (χ2v) is 16.0. The van der Waals surface area contributed by atoms with Crippen molar-refractivity contribution in [3.8, 4) is 0 Å². The van der Waals surface area contributed by atoms with Gasteiger partial charge in [0.05, 0.1) is 19.8 Å². The zero-order valence-electron chi connectivity index (χ0n) is 26.0. The molecule has 6 fully saturated rings. The van der Waals surface area contributed by atoms with Crippen LogP contribution in [0.2, 0.25) is 6.55 Å². The molecule has 14 heteroatoms. The van der Waals surface area contributed by atoms with E-state index in [1.54, 1.807) is 6.08 Å². The smallest absolute Gasteiger partial charge is 0.370 e. The van der Waals surface area contributed by atoms with Crippen molar-refractivity contribution in [3.63, 3.8) is 0 Å². The summed E-state index contributed by atoms with van der Waals surface area (Å²) in [5.41, 5.74) is 0. The number of ether oxygens (including phenoxy) is 10. The van der Waals surface area contributed by atoms with E-state index < -0.39 is 93.4 Å². The van der Waals surface area contributed by atoms with Crippen molar-refractivity contribution in [2.75, 3.05) is 19.8 Å².